The summed E-state index contributed by atoms with van der Waals surface area (Å²) in [6.07, 6.45) is 5.30. The fourth-order valence-electron chi connectivity index (χ4n) is 2.62. The summed E-state index contributed by atoms with van der Waals surface area (Å²) in [5.41, 5.74) is 1.04. The summed E-state index contributed by atoms with van der Waals surface area (Å²) in [5.74, 6) is 1.62. The van der Waals surface area contributed by atoms with E-state index in [0.29, 0.717) is 5.75 Å². The normalized spacial score (nSPS) is 14.7. The minimum absolute atomic E-state index is 0.125. The van der Waals surface area contributed by atoms with Crippen molar-refractivity contribution in [3.63, 3.8) is 0 Å². The Balaban J connectivity index is 1.66. The molecule has 1 aliphatic rings. The molecule has 0 amide bonds. The third-order valence-electron chi connectivity index (χ3n) is 3.82. The topological polar surface area (TPSA) is 72.2 Å². The molecule has 0 unspecified atom stereocenters. The lowest BCUT2D eigenvalue weighted by atomic mass is 10.1. The molecule has 0 radical (unpaired) electrons. The van der Waals surface area contributed by atoms with Crippen LogP contribution in [0.25, 0.3) is 0 Å². The van der Waals surface area contributed by atoms with Crippen LogP contribution in [0.3, 0.4) is 0 Å². The molecule has 1 aromatic heterocycles. The molecule has 0 aliphatic carbocycles. The smallest absolute Gasteiger partial charge is 0.269 e. The largest absolute Gasteiger partial charge is 0.356 e. The molecule has 120 valence electrons. The van der Waals surface area contributed by atoms with Gasteiger partial charge in [0.2, 0.25) is 0 Å². The highest BCUT2D eigenvalue weighted by Gasteiger charge is 2.13. The molecule has 2 heterocycles. The quantitative estimate of drug-likeness (QED) is 0.360. The predicted molar refractivity (Wildman–Crippen MR) is 90.8 cm³/mol. The fourth-order valence-corrected chi connectivity index (χ4v) is 3.43. The van der Waals surface area contributed by atoms with Crippen LogP contribution >= 0.6 is 11.8 Å². The number of nitro benzene ring substituents is 1. The third-order valence-corrected chi connectivity index (χ3v) is 4.81. The van der Waals surface area contributed by atoms with Gasteiger partial charge in [0.05, 0.1) is 4.92 Å². The van der Waals surface area contributed by atoms with Crippen molar-refractivity contribution in [2.24, 2.45) is 0 Å². The zero-order chi connectivity index (χ0) is 16.1. The van der Waals surface area contributed by atoms with Crippen molar-refractivity contribution < 1.29 is 4.92 Å². The van der Waals surface area contributed by atoms with Gasteiger partial charge in [-0.15, -0.1) is 11.8 Å². The van der Waals surface area contributed by atoms with Crippen molar-refractivity contribution in [2.75, 3.05) is 18.0 Å². The van der Waals surface area contributed by atoms with E-state index in [1.807, 2.05) is 12.1 Å². The van der Waals surface area contributed by atoms with Gasteiger partial charge >= 0.3 is 0 Å². The van der Waals surface area contributed by atoms with E-state index in [1.54, 1.807) is 30.2 Å². The minimum Gasteiger partial charge on any atom is -0.356 e. The lowest BCUT2D eigenvalue weighted by Crippen LogP contribution is -2.30. The monoisotopic (exact) mass is 330 g/mol. The highest BCUT2D eigenvalue weighted by atomic mass is 32.2. The first-order valence-electron chi connectivity index (χ1n) is 7.65. The molecule has 0 saturated carbocycles. The number of nitrogens with zero attached hydrogens (tertiary/aromatic N) is 4. The molecule has 0 N–H and O–H groups in total. The van der Waals surface area contributed by atoms with Crippen molar-refractivity contribution in [1.29, 1.82) is 0 Å². The SMILES string of the molecule is O=[N+]([O-])c1cccc(CSc2cc(N3CCCCC3)ncn2)c1. The van der Waals surface area contributed by atoms with Crippen LogP contribution in [0.5, 0.6) is 0 Å². The van der Waals surface area contributed by atoms with Gasteiger partial charge in [-0.25, -0.2) is 9.97 Å². The average Bonchev–Trinajstić information content (AvgIpc) is 2.61. The summed E-state index contributed by atoms with van der Waals surface area (Å²) in [4.78, 5) is 21.4. The highest BCUT2D eigenvalue weighted by molar-refractivity contribution is 7.98. The Morgan fingerprint density at radius 3 is 2.78 bits per heavy atom. The molecule has 0 bridgehead atoms. The minimum atomic E-state index is -0.368. The van der Waals surface area contributed by atoms with E-state index in [-0.39, 0.29) is 10.6 Å². The molecule has 1 aliphatic heterocycles. The van der Waals surface area contributed by atoms with Gasteiger partial charge in [-0.3, -0.25) is 10.1 Å². The van der Waals surface area contributed by atoms with Crippen molar-refractivity contribution in [3.05, 3.63) is 52.3 Å². The van der Waals surface area contributed by atoms with Crippen LogP contribution < -0.4 is 4.90 Å². The Labute approximate surface area is 139 Å². The second kappa shape index (κ2) is 7.41. The van der Waals surface area contributed by atoms with E-state index in [9.17, 15) is 10.1 Å². The third kappa shape index (κ3) is 4.19. The summed E-state index contributed by atoms with van der Waals surface area (Å²) in [5, 5.41) is 11.7. The summed E-state index contributed by atoms with van der Waals surface area (Å²) in [6, 6.07) is 8.74. The molecular formula is C16H18N4O2S. The van der Waals surface area contributed by atoms with E-state index in [4.69, 9.17) is 0 Å². The molecule has 2 aromatic rings. The van der Waals surface area contributed by atoms with Crippen molar-refractivity contribution in [1.82, 2.24) is 9.97 Å². The van der Waals surface area contributed by atoms with Gasteiger partial charge in [-0.05, 0) is 24.8 Å². The summed E-state index contributed by atoms with van der Waals surface area (Å²) in [7, 11) is 0. The molecule has 3 rings (SSSR count). The van der Waals surface area contributed by atoms with Gasteiger partial charge in [0.1, 0.15) is 17.2 Å². The molecule has 7 heteroatoms. The van der Waals surface area contributed by atoms with Crippen LogP contribution in [0.4, 0.5) is 11.5 Å². The van der Waals surface area contributed by atoms with Gasteiger partial charge < -0.3 is 4.90 Å². The van der Waals surface area contributed by atoms with Crippen LogP contribution in [-0.2, 0) is 5.75 Å². The van der Waals surface area contributed by atoms with Crippen LogP contribution in [0, 0.1) is 10.1 Å². The van der Waals surface area contributed by atoms with Gasteiger partial charge in [0.15, 0.2) is 0 Å². The first-order valence-corrected chi connectivity index (χ1v) is 8.64. The number of hydrogen-bond donors (Lipinski definition) is 0. The number of hydrogen-bond acceptors (Lipinski definition) is 6. The van der Waals surface area contributed by atoms with Gasteiger partial charge in [0.25, 0.3) is 5.69 Å². The second-order valence-corrected chi connectivity index (χ2v) is 6.47. The molecule has 1 fully saturated rings. The summed E-state index contributed by atoms with van der Waals surface area (Å²) >= 11 is 1.57. The summed E-state index contributed by atoms with van der Waals surface area (Å²) in [6.45, 7) is 2.10. The van der Waals surface area contributed by atoms with Gasteiger partial charge in [0, 0.05) is 37.0 Å². The Bertz CT molecular complexity index is 689. The van der Waals surface area contributed by atoms with Crippen LogP contribution in [0.2, 0.25) is 0 Å². The predicted octanol–water partition coefficient (Wildman–Crippen LogP) is 3.67. The number of rotatable bonds is 5. The Morgan fingerprint density at radius 2 is 2.00 bits per heavy atom. The number of anilines is 1. The van der Waals surface area contributed by atoms with E-state index in [0.717, 1.165) is 29.5 Å². The zero-order valence-corrected chi connectivity index (χ0v) is 13.5. The lowest BCUT2D eigenvalue weighted by Gasteiger charge is -2.27. The van der Waals surface area contributed by atoms with Crippen LogP contribution in [0.15, 0.2) is 41.7 Å². The first-order chi connectivity index (χ1) is 11.2. The summed E-state index contributed by atoms with van der Waals surface area (Å²) < 4.78 is 0. The number of benzene rings is 1. The molecule has 1 aromatic carbocycles. The van der Waals surface area contributed by atoms with Gasteiger partial charge in [-0.1, -0.05) is 12.1 Å². The second-order valence-electron chi connectivity index (χ2n) is 5.48. The molecule has 1 saturated heterocycles. The van der Waals surface area contributed by atoms with Gasteiger partial charge in [-0.2, -0.15) is 0 Å². The van der Waals surface area contributed by atoms with Crippen LogP contribution in [-0.4, -0.2) is 28.0 Å². The molecular weight excluding hydrogens is 312 g/mol. The first kappa shape index (κ1) is 15.7. The standard InChI is InChI=1S/C16H18N4O2S/c21-20(22)14-6-4-5-13(9-14)11-23-16-10-15(17-12-18-16)19-7-2-1-3-8-19/h4-6,9-10,12H,1-3,7-8,11H2. The van der Waals surface area contributed by atoms with Crippen molar-refractivity contribution in [2.45, 2.75) is 30.0 Å². The average molecular weight is 330 g/mol. The number of non-ortho nitro benzene ring substituents is 1. The Morgan fingerprint density at radius 1 is 1.17 bits per heavy atom. The highest BCUT2D eigenvalue weighted by Crippen LogP contribution is 2.26. The van der Waals surface area contributed by atoms with Crippen LogP contribution in [0.1, 0.15) is 24.8 Å². The van der Waals surface area contributed by atoms with Crippen molar-refractivity contribution >= 4 is 23.3 Å². The Kier molecular flexibility index (Phi) is 5.07. The fraction of sp³-hybridized carbons (Fsp3) is 0.375. The number of thioether (sulfide) groups is 1. The molecule has 23 heavy (non-hydrogen) atoms. The number of aromatic nitrogens is 2. The maximum absolute atomic E-state index is 10.8. The number of nitro groups is 1. The van der Waals surface area contributed by atoms with E-state index in [2.05, 4.69) is 14.9 Å². The maximum Gasteiger partial charge on any atom is 0.269 e. The van der Waals surface area contributed by atoms with E-state index in [1.165, 1.54) is 25.3 Å². The zero-order valence-electron chi connectivity index (χ0n) is 12.7. The Hall–Kier alpha value is -2.15. The molecule has 0 atom stereocenters. The van der Waals surface area contributed by atoms with E-state index >= 15 is 0 Å². The van der Waals surface area contributed by atoms with Crippen molar-refractivity contribution in [3.8, 4) is 0 Å². The maximum atomic E-state index is 10.8. The van der Waals surface area contributed by atoms with E-state index < -0.39 is 0 Å². The lowest BCUT2D eigenvalue weighted by molar-refractivity contribution is -0.384. The molecule has 0 spiro atoms. The number of piperidine rings is 1. The molecule has 6 nitrogen and oxygen atoms in total.